The van der Waals surface area contributed by atoms with Crippen LogP contribution in [-0.4, -0.2) is 36.9 Å². The number of carbonyl (C=O) groups excluding carboxylic acids is 2. The molecule has 1 N–H and O–H groups in total. The molecule has 4 unspecified atom stereocenters. The smallest absolute Gasteiger partial charge is 0.324 e. The minimum Gasteiger partial charge on any atom is -0.468 e. The van der Waals surface area contributed by atoms with E-state index in [0.717, 1.165) is 0 Å². The average Bonchev–Trinajstić information content (AvgIpc) is 2.77. The highest BCUT2D eigenvalue weighted by Crippen LogP contribution is 2.54. The van der Waals surface area contributed by atoms with Crippen molar-refractivity contribution in [1.29, 1.82) is 0 Å². The lowest BCUT2D eigenvalue weighted by molar-refractivity contribution is -0.164. The molecule has 90 valence electrons. The number of methoxy groups -OCH3 is 1. The van der Waals surface area contributed by atoms with Gasteiger partial charge in [0.05, 0.1) is 7.11 Å². The number of esters is 2. The van der Waals surface area contributed by atoms with E-state index in [2.05, 4.69) is 0 Å². The van der Waals surface area contributed by atoms with Crippen LogP contribution in [0.3, 0.4) is 0 Å². The third kappa shape index (κ3) is 1.27. The first kappa shape index (κ1) is 11.4. The van der Waals surface area contributed by atoms with Crippen molar-refractivity contribution < 1.29 is 24.2 Å². The zero-order valence-electron chi connectivity index (χ0n) is 9.43. The minimum atomic E-state index is -1.17. The zero-order valence-corrected chi connectivity index (χ0v) is 9.43. The van der Waals surface area contributed by atoms with E-state index in [1.165, 1.54) is 7.11 Å². The topological polar surface area (TPSA) is 72.8 Å². The van der Waals surface area contributed by atoms with Crippen molar-refractivity contribution >= 4 is 11.9 Å². The number of ether oxygens (including phenoxy) is 2. The van der Waals surface area contributed by atoms with Gasteiger partial charge in [0.1, 0.15) is 6.10 Å². The summed E-state index contributed by atoms with van der Waals surface area (Å²) >= 11 is 0. The summed E-state index contributed by atoms with van der Waals surface area (Å²) in [5.41, 5.74) is -1.17. The van der Waals surface area contributed by atoms with E-state index in [0.29, 0.717) is 12.8 Å². The van der Waals surface area contributed by atoms with E-state index in [4.69, 9.17) is 14.6 Å². The van der Waals surface area contributed by atoms with Gasteiger partial charge in [0, 0.05) is 12.5 Å². The van der Waals surface area contributed by atoms with Gasteiger partial charge in [-0.1, -0.05) is 0 Å². The van der Waals surface area contributed by atoms with Crippen LogP contribution in [-0.2, 0) is 19.1 Å². The van der Waals surface area contributed by atoms with E-state index in [9.17, 15) is 9.59 Å². The van der Waals surface area contributed by atoms with Crippen molar-refractivity contribution in [2.24, 2.45) is 17.3 Å². The van der Waals surface area contributed by atoms with Crippen molar-refractivity contribution in [2.45, 2.75) is 25.9 Å². The largest absolute Gasteiger partial charge is 0.468 e. The van der Waals surface area contributed by atoms with Crippen LogP contribution in [0.5, 0.6) is 0 Å². The monoisotopic (exact) mass is 228 g/mol. The predicted molar refractivity (Wildman–Crippen MR) is 53.3 cm³/mol. The molecule has 0 amide bonds. The van der Waals surface area contributed by atoms with Gasteiger partial charge in [-0.2, -0.15) is 0 Å². The van der Waals surface area contributed by atoms with Crippen molar-refractivity contribution in [3.63, 3.8) is 0 Å². The molecule has 1 heterocycles. The number of hydrogen-bond acceptors (Lipinski definition) is 5. The maximum atomic E-state index is 11.8. The number of cyclic esters (lactones) is 1. The first-order valence-corrected chi connectivity index (χ1v) is 5.46. The lowest BCUT2D eigenvalue weighted by Gasteiger charge is -2.21. The van der Waals surface area contributed by atoms with Crippen molar-refractivity contribution in [1.82, 2.24) is 0 Å². The molecule has 0 aromatic rings. The van der Waals surface area contributed by atoms with Crippen LogP contribution < -0.4 is 0 Å². The van der Waals surface area contributed by atoms with E-state index >= 15 is 0 Å². The van der Waals surface area contributed by atoms with E-state index in [-0.39, 0.29) is 24.5 Å². The second kappa shape index (κ2) is 3.73. The Labute approximate surface area is 93.7 Å². The zero-order chi connectivity index (χ0) is 11.9. The second-order valence-corrected chi connectivity index (χ2v) is 4.67. The van der Waals surface area contributed by atoms with Crippen molar-refractivity contribution in [3.05, 3.63) is 0 Å². The van der Waals surface area contributed by atoms with Crippen LogP contribution in [0.25, 0.3) is 0 Å². The fourth-order valence-corrected chi connectivity index (χ4v) is 3.07. The fraction of sp³-hybridized carbons (Fsp3) is 0.818. The number of rotatable bonds is 2. The van der Waals surface area contributed by atoms with Gasteiger partial charge in [-0.25, -0.2) is 0 Å². The summed E-state index contributed by atoms with van der Waals surface area (Å²) in [7, 11) is 1.27. The molecule has 2 fully saturated rings. The normalized spacial score (nSPS) is 41.7. The fourth-order valence-electron chi connectivity index (χ4n) is 3.07. The third-order valence-corrected chi connectivity index (χ3v) is 3.86. The van der Waals surface area contributed by atoms with E-state index < -0.39 is 17.4 Å². The Morgan fingerprint density at radius 3 is 2.94 bits per heavy atom. The summed E-state index contributed by atoms with van der Waals surface area (Å²) in [6.07, 6.45) is 0.700. The standard InChI is InChI=1S/C11H16O5/c1-6-8-3-7(5-12)4-11(8,9(13)15-2)10(14)16-6/h6-8,12H,3-5H2,1-2H3. The number of carbonyl (C=O) groups is 2. The third-order valence-electron chi connectivity index (χ3n) is 3.86. The highest BCUT2D eigenvalue weighted by molar-refractivity contribution is 6.02. The summed E-state index contributed by atoms with van der Waals surface area (Å²) in [6.45, 7) is 1.78. The molecule has 0 aromatic heterocycles. The second-order valence-electron chi connectivity index (χ2n) is 4.67. The highest BCUT2D eigenvalue weighted by Gasteiger charge is 2.66. The number of aliphatic hydroxyl groups is 1. The Morgan fingerprint density at radius 2 is 2.38 bits per heavy atom. The molecule has 16 heavy (non-hydrogen) atoms. The van der Waals surface area contributed by atoms with Crippen LogP contribution in [0.1, 0.15) is 19.8 Å². The molecule has 2 aliphatic rings. The summed E-state index contributed by atoms with van der Waals surface area (Å²) in [5, 5.41) is 9.16. The summed E-state index contributed by atoms with van der Waals surface area (Å²) in [6, 6.07) is 0. The van der Waals surface area contributed by atoms with Gasteiger partial charge in [0.15, 0.2) is 5.41 Å². The first-order valence-electron chi connectivity index (χ1n) is 5.46. The molecule has 1 saturated heterocycles. The molecule has 1 aliphatic carbocycles. The lowest BCUT2D eigenvalue weighted by Crippen LogP contribution is -2.39. The molecule has 5 heteroatoms. The molecule has 5 nitrogen and oxygen atoms in total. The molecule has 0 bridgehead atoms. The Bertz CT molecular complexity index is 316. The molecule has 1 saturated carbocycles. The van der Waals surface area contributed by atoms with Crippen LogP contribution in [0, 0.1) is 17.3 Å². The average molecular weight is 228 g/mol. The van der Waals surface area contributed by atoms with Gasteiger partial charge >= 0.3 is 11.9 Å². The maximum absolute atomic E-state index is 11.8. The summed E-state index contributed by atoms with van der Waals surface area (Å²) < 4.78 is 9.85. The van der Waals surface area contributed by atoms with Gasteiger partial charge in [-0.05, 0) is 25.7 Å². The Hall–Kier alpha value is -1.10. The molecule has 0 radical (unpaired) electrons. The molecular formula is C11H16O5. The van der Waals surface area contributed by atoms with Crippen LogP contribution >= 0.6 is 0 Å². The van der Waals surface area contributed by atoms with Gasteiger partial charge in [0.2, 0.25) is 0 Å². The molecule has 2 rings (SSSR count). The molecular weight excluding hydrogens is 212 g/mol. The van der Waals surface area contributed by atoms with Gasteiger partial charge in [0.25, 0.3) is 0 Å². The number of fused-ring (bicyclic) bond motifs is 1. The molecule has 4 atom stereocenters. The maximum Gasteiger partial charge on any atom is 0.324 e. The minimum absolute atomic E-state index is 0.00472. The SMILES string of the molecule is COC(=O)C12CC(CO)CC1C(C)OC2=O. The summed E-state index contributed by atoms with van der Waals surface area (Å²) in [4.78, 5) is 23.7. The molecule has 0 spiro atoms. The highest BCUT2D eigenvalue weighted by atomic mass is 16.6. The van der Waals surface area contributed by atoms with Gasteiger partial charge in [-0.15, -0.1) is 0 Å². The first-order chi connectivity index (χ1) is 7.56. The van der Waals surface area contributed by atoms with Crippen LogP contribution in [0.2, 0.25) is 0 Å². The van der Waals surface area contributed by atoms with Crippen LogP contribution in [0.4, 0.5) is 0 Å². The Balaban J connectivity index is 2.36. The lowest BCUT2D eigenvalue weighted by atomic mass is 9.78. The van der Waals surface area contributed by atoms with Crippen molar-refractivity contribution in [2.75, 3.05) is 13.7 Å². The van der Waals surface area contributed by atoms with Gasteiger partial charge in [-0.3, -0.25) is 9.59 Å². The number of hydrogen-bond donors (Lipinski definition) is 1. The van der Waals surface area contributed by atoms with E-state index in [1.807, 2.05) is 0 Å². The quantitative estimate of drug-likeness (QED) is 0.536. The van der Waals surface area contributed by atoms with E-state index in [1.54, 1.807) is 6.92 Å². The summed E-state index contributed by atoms with van der Waals surface area (Å²) in [5.74, 6) is -1.19. The Kier molecular flexibility index (Phi) is 2.66. The van der Waals surface area contributed by atoms with Gasteiger partial charge < -0.3 is 14.6 Å². The molecule has 1 aliphatic heterocycles. The molecule has 0 aromatic carbocycles. The predicted octanol–water partition coefficient (Wildman–Crippen LogP) is 0.110. The number of aliphatic hydroxyl groups excluding tert-OH is 1. The Morgan fingerprint density at radius 1 is 1.69 bits per heavy atom. The van der Waals surface area contributed by atoms with Crippen molar-refractivity contribution in [3.8, 4) is 0 Å². The van der Waals surface area contributed by atoms with Crippen LogP contribution in [0.15, 0.2) is 0 Å².